The standard InChI is InChI=1S/C20H24N4O3/c21-19(15-4-2-1-3-5-15)20(26)23-17-8-6-16(7-9-17)22-18(25)14-24-10-12-27-13-11-24/h1-9,19H,10-14,21H2,(H,22,25)(H,23,26). The Bertz CT molecular complexity index is 759. The summed E-state index contributed by atoms with van der Waals surface area (Å²) in [5.41, 5.74) is 8.04. The second kappa shape index (κ2) is 9.27. The summed E-state index contributed by atoms with van der Waals surface area (Å²) >= 11 is 0. The topological polar surface area (TPSA) is 96.7 Å². The molecule has 0 spiro atoms. The van der Waals surface area contributed by atoms with E-state index in [1.54, 1.807) is 24.3 Å². The van der Waals surface area contributed by atoms with E-state index >= 15 is 0 Å². The zero-order chi connectivity index (χ0) is 19.1. The number of nitrogens with zero attached hydrogens (tertiary/aromatic N) is 1. The zero-order valence-corrected chi connectivity index (χ0v) is 15.1. The highest BCUT2D eigenvalue weighted by molar-refractivity contribution is 5.96. The van der Waals surface area contributed by atoms with Crippen LogP contribution < -0.4 is 16.4 Å². The van der Waals surface area contributed by atoms with Crippen molar-refractivity contribution in [2.45, 2.75) is 6.04 Å². The van der Waals surface area contributed by atoms with Gasteiger partial charge in [0.25, 0.3) is 0 Å². The van der Waals surface area contributed by atoms with Crippen molar-refractivity contribution in [3.63, 3.8) is 0 Å². The van der Waals surface area contributed by atoms with Crippen LogP contribution >= 0.6 is 0 Å². The van der Waals surface area contributed by atoms with Gasteiger partial charge in [-0.2, -0.15) is 0 Å². The van der Waals surface area contributed by atoms with E-state index in [1.165, 1.54) is 0 Å². The Balaban J connectivity index is 1.50. The number of morpholine rings is 1. The fraction of sp³-hybridized carbons (Fsp3) is 0.300. The number of carbonyl (C=O) groups is 2. The first-order valence-electron chi connectivity index (χ1n) is 8.93. The van der Waals surface area contributed by atoms with Crippen LogP contribution in [0.15, 0.2) is 54.6 Å². The van der Waals surface area contributed by atoms with Crippen LogP contribution in [0.5, 0.6) is 0 Å². The molecule has 1 unspecified atom stereocenters. The molecule has 2 amide bonds. The first kappa shape index (κ1) is 19.0. The molecule has 2 aromatic carbocycles. The van der Waals surface area contributed by atoms with Gasteiger partial charge in [-0.3, -0.25) is 14.5 Å². The molecule has 0 radical (unpaired) electrons. The average molecular weight is 368 g/mol. The minimum absolute atomic E-state index is 0.0696. The van der Waals surface area contributed by atoms with E-state index in [9.17, 15) is 9.59 Å². The normalized spacial score (nSPS) is 15.7. The van der Waals surface area contributed by atoms with Gasteiger partial charge in [0.2, 0.25) is 11.8 Å². The number of ether oxygens (including phenoxy) is 1. The smallest absolute Gasteiger partial charge is 0.245 e. The quantitative estimate of drug-likeness (QED) is 0.720. The van der Waals surface area contributed by atoms with E-state index in [4.69, 9.17) is 10.5 Å². The average Bonchev–Trinajstić information content (AvgIpc) is 2.70. The highest BCUT2D eigenvalue weighted by Crippen LogP contribution is 2.16. The molecule has 7 heteroatoms. The maximum absolute atomic E-state index is 12.3. The van der Waals surface area contributed by atoms with Gasteiger partial charge in [0.05, 0.1) is 19.8 Å². The maximum atomic E-state index is 12.3. The molecule has 3 rings (SSSR count). The Labute approximate surface area is 158 Å². The second-order valence-corrected chi connectivity index (χ2v) is 6.39. The Morgan fingerprint density at radius 3 is 2.19 bits per heavy atom. The number of amides is 2. The fourth-order valence-electron chi connectivity index (χ4n) is 2.83. The summed E-state index contributed by atoms with van der Waals surface area (Å²) in [4.78, 5) is 26.4. The molecule has 1 aliphatic heterocycles. The number of rotatable bonds is 6. The van der Waals surface area contributed by atoms with Crippen molar-refractivity contribution >= 4 is 23.2 Å². The molecular weight excluding hydrogens is 344 g/mol. The molecule has 1 fully saturated rings. The summed E-state index contributed by atoms with van der Waals surface area (Å²) in [7, 11) is 0. The third kappa shape index (κ3) is 5.62. The summed E-state index contributed by atoms with van der Waals surface area (Å²) in [5.74, 6) is -0.356. The summed E-state index contributed by atoms with van der Waals surface area (Å²) < 4.78 is 5.27. The van der Waals surface area contributed by atoms with E-state index < -0.39 is 6.04 Å². The van der Waals surface area contributed by atoms with Crippen LogP contribution in [0.2, 0.25) is 0 Å². The molecule has 142 valence electrons. The molecule has 27 heavy (non-hydrogen) atoms. The van der Waals surface area contributed by atoms with Gasteiger partial charge in [0.1, 0.15) is 6.04 Å². The van der Waals surface area contributed by atoms with E-state index in [1.807, 2.05) is 30.3 Å². The SMILES string of the molecule is NC(C(=O)Nc1ccc(NC(=O)CN2CCOCC2)cc1)c1ccccc1. The predicted octanol–water partition coefficient (Wildman–Crippen LogP) is 1.60. The van der Waals surface area contributed by atoms with Gasteiger partial charge in [-0.25, -0.2) is 0 Å². The van der Waals surface area contributed by atoms with Crippen LogP contribution in [0.3, 0.4) is 0 Å². The van der Waals surface area contributed by atoms with Crippen molar-refractivity contribution < 1.29 is 14.3 Å². The third-order valence-electron chi connectivity index (χ3n) is 4.35. The van der Waals surface area contributed by atoms with Crippen molar-refractivity contribution in [3.8, 4) is 0 Å². The minimum Gasteiger partial charge on any atom is -0.379 e. The molecular formula is C20H24N4O3. The molecule has 0 aliphatic carbocycles. The lowest BCUT2D eigenvalue weighted by molar-refractivity contribution is -0.118. The Kier molecular flexibility index (Phi) is 6.54. The van der Waals surface area contributed by atoms with E-state index in [0.717, 1.165) is 18.7 Å². The van der Waals surface area contributed by atoms with Gasteiger partial charge in [0, 0.05) is 24.5 Å². The van der Waals surface area contributed by atoms with Crippen LogP contribution in [0.4, 0.5) is 11.4 Å². The zero-order valence-electron chi connectivity index (χ0n) is 15.1. The van der Waals surface area contributed by atoms with Crippen LogP contribution in [-0.4, -0.2) is 49.6 Å². The molecule has 0 aromatic heterocycles. The molecule has 0 bridgehead atoms. The van der Waals surface area contributed by atoms with Crippen molar-refractivity contribution in [2.75, 3.05) is 43.5 Å². The lowest BCUT2D eigenvalue weighted by atomic mass is 10.1. The number of benzene rings is 2. The molecule has 2 aromatic rings. The van der Waals surface area contributed by atoms with Gasteiger partial charge >= 0.3 is 0 Å². The van der Waals surface area contributed by atoms with E-state index in [2.05, 4.69) is 15.5 Å². The third-order valence-corrected chi connectivity index (χ3v) is 4.35. The molecule has 0 saturated carbocycles. The maximum Gasteiger partial charge on any atom is 0.245 e. The first-order valence-corrected chi connectivity index (χ1v) is 8.93. The monoisotopic (exact) mass is 368 g/mol. The number of carbonyl (C=O) groups excluding carboxylic acids is 2. The van der Waals surface area contributed by atoms with Crippen molar-refractivity contribution in [3.05, 3.63) is 60.2 Å². The molecule has 1 atom stereocenters. The lowest BCUT2D eigenvalue weighted by Crippen LogP contribution is -2.41. The van der Waals surface area contributed by atoms with Crippen LogP contribution in [0.25, 0.3) is 0 Å². The predicted molar refractivity (Wildman–Crippen MR) is 104 cm³/mol. The van der Waals surface area contributed by atoms with Crippen molar-refractivity contribution in [1.82, 2.24) is 4.90 Å². The highest BCUT2D eigenvalue weighted by Gasteiger charge is 2.16. The Morgan fingerprint density at radius 1 is 0.963 bits per heavy atom. The van der Waals surface area contributed by atoms with Gasteiger partial charge in [0.15, 0.2) is 0 Å². The molecule has 1 aliphatic rings. The second-order valence-electron chi connectivity index (χ2n) is 6.39. The Hall–Kier alpha value is -2.74. The van der Waals surface area contributed by atoms with Gasteiger partial charge in [-0.1, -0.05) is 30.3 Å². The first-order chi connectivity index (χ1) is 13.1. The largest absolute Gasteiger partial charge is 0.379 e. The van der Waals surface area contributed by atoms with Crippen molar-refractivity contribution in [2.24, 2.45) is 5.73 Å². The van der Waals surface area contributed by atoms with Gasteiger partial charge < -0.3 is 21.1 Å². The number of nitrogens with two attached hydrogens (primary N) is 1. The summed E-state index contributed by atoms with van der Waals surface area (Å²) in [6.45, 7) is 3.19. The minimum atomic E-state index is -0.737. The summed E-state index contributed by atoms with van der Waals surface area (Å²) in [5, 5.41) is 5.65. The number of anilines is 2. The summed E-state index contributed by atoms with van der Waals surface area (Å²) in [6.07, 6.45) is 0. The molecule has 1 heterocycles. The van der Waals surface area contributed by atoms with Crippen LogP contribution in [0.1, 0.15) is 11.6 Å². The number of hydrogen-bond donors (Lipinski definition) is 3. The number of nitrogens with one attached hydrogen (secondary N) is 2. The van der Waals surface area contributed by atoms with Gasteiger partial charge in [-0.05, 0) is 29.8 Å². The Morgan fingerprint density at radius 2 is 1.56 bits per heavy atom. The molecule has 7 nitrogen and oxygen atoms in total. The van der Waals surface area contributed by atoms with Gasteiger partial charge in [-0.15, -0.1) is 0 Å². The van der Waals surface area contributed by atoms with E-state index in [-0.39, 0.29) is 11.8 Å². The van der Waals surface area contributed by atoms with Crippen molar-refractivity contribution in [1.29, 1.82) is 0 Å². The molecule has 4 N–H and O–H groups in total. The van der Waals surface area contributed by atoms with Crippen LogP contribution in [0, 0.1) is 0 Å². The fourth-order valence-corrected chi connectivity index (χ4v) is 2.83. The number of hydrogen-bond acceptors (Lipinski definition) is 5. The van der Waals surface area contributed by atoms with E-state index in [0.29, 0.717) is 31.1 Å². The summed E-state index contributed by atoms with van der Waals surface area (Å²) in [6, 6.07) is 15.4. The molecule has 1 saturated heterocycles. The van der Waals surface area contributed by atoms with Crippen LogP contribution in [-0.2, 0) is 14.3 Å². The lowest BCUT2D eigenvalue weighted by Gasteiger charge is -2.25. The highest BCUT2D eigenvalue weighted by atomic mass is 16.5.